The molecule has 3 rings (SSSR count). The minimum Gasteiger partial charge on any atom is -0.337 e. The second-order valence-corrected chi connectivity index (χ2v) is 6.95. The van der Waals surface area contributed by atoms with Crippen LogP contribution in [0.5, 0.6) is 0 Å². The predicted octanol–water partition coefficient (Wildman–Crippen LogP) is 4.69. The van der Waals surface area contributed by atoms with Gasteiger partial charge in [-0.15, -0.1) is 0 Å². The summed E-state index contributed by atoms with van der Waals surface area (Å²) in [4.78, 5) is 12.1. The van der Waals surface area contributed by atoms with Crippen LogP contribution in [0.4, 0.5) is 10.5 Å². The number of urea groups is 1. The Balaban J connectivity index is 1.60. The normalized spacial score (nSPS) is 16.4. The summed E-state index contributed by atoms with van der Waals surface area (Å²) in [5.74, 6) is 0. The molecule has 116 valence electrons. The fourth-order valence-electron chi connectivity index (χ4n) is 3.25. The number of carbonyl (C=O) groups excluding carboxylic acids is 1. The smallest absolute Gasteiger partial charge is 0.319 e. The predicted molar refractivity (Wildman–Crippen MR) is 92.7 cm³/mol. The van der Waals surface area contributed by atoms with Crippen LogP contribution in [0.15, 0.2) is 41.1 Å². The zero-order valence-corrected chi connectivity index (χ0v) is 13.7. The van der Waals surface area contributed by atoms with E-state index in [1.807, 2.05) is 31.2 Å². The summed E-state index contributed by atoms with van der Waals surface area (Å²) in [6.45, 7) is 2.75. The van der Waals surface area contributed by atoms with E-state index in [4.69, 9.17) is 0 Å². The maximum absolute atomic E-state index is 12.1. The first-order valence-electron chi connectivity index (χ1n) is 7.82. The molecular weight excluding hydrogens is 292 g/mol. The number of benzene rings is 1. The Hall–Kier alpha value is -1.81. The Morgan fingerprint density at radius 1 is 1.18 bits per heavy atom. The molecule has 0 spiro atoms. The lowest BCUT2D eigenvalue weighted by molar-refractivity contribution is 0.248. The van der Waals surface area contributed by atoms with Gasteiger partial charge in [0.25, 0.3) is 0 Å². The van der Waals surface area contributed by atoms with Gasteiger partial charge in [-0.25, -0.2) is 4.79 Å². The van der Waals surface area contributed by atoms with Crippen molar-refractivity contribution in [2.45, 2.75) is 38.0 Å². The molecule has 1 aliphatic carbocycles. The van der Waals surface area contributed by atoms with Crippen molar-refractivity contribution in [3.63, 3.8) is 0 Å². The molecule has 0 atom stereocenters. The van der Waals surface area contributed by atoms with Gasteiger partial charge in [-0.1, -0.05) is 30.5 Å². The van der Waals surface area contributed by atoms with Gasteiger partial charge in [-0.2, -0.15) is 11.3 Å². The molecule has 2 amide bonds. The molecule has 1 aromatic heterocycles. The minimum absolute atomic E-state index is 0.120. The van der Waals surface area contributed by atoms with Gasteiger partial charge in [0, 0.05) is 17.6 Å². The number of hydrogen-bond acceptors (Lipinski definition) is 2. The standard InChI is InChI=1S/C18H22N2OS/c1-14-4-6-16(7-5-14)20-17(21)19-13-18(9-2-3-10-18)15-8-11-22-12-15/h4-8,11-12H,2-3,9-10,13H2,1H3,(H2,19,20,21). The molecule has 3 nitrogen and oxygen atoms in total. The van der Waals surface area contributed by atoms with Crippen LogP contribution in [-0.4, -0.2) is 12.6 Å². The molecule has 1 saturated carbocycles. The van der Waals surface area contributed by atoms with Crippen molar-refractivity contribution in [3.05, 3.63) is 52.2 Å². The second kappa shape index (κ2) is 6.53. The van der Waals surface area contributed by atoms with Crippen LogP contribution in [0.2, 0.25) is 0 Å². The van der Waals surface area contributed by atoms with Crippen molar-refractivity contribution in [1.29, 1.82) is 0 Å². The Bertz CT molecular complexity index is 613. The lowest BCUT2D eigenvalue weighted by atomic mass is 9.80. The number of rotatable bonds is 4. The van der Waals surface area contributed by atoms with E-state index < -0.39 is 0 Å². The summed E-state index contributed by atoms with van der Waals surface area (Å²) in [5, 5.41) is 10.3. The summed E-state index contributed by atoms with van der Waals surface area (Å²) in [6, 6.07) is 9.94. The molecule has 2 aromatic rings. The van der Waals surface area contributed by atoms with Gasteiger partial charge in [-0.05, 0) is 54.3 Å². The quantitative estimate of drug-likeness (QED) is 0.844. The summed E-state index contributed by atoms with van der Waals surface area (Å²) in [7, 11) is 0. The number of amides is 2. The van der Waals surface area contributed by atoms with Crippen LogP contribution in [0, 0.1) is 6.92 Å². The first-order valence-corrected chi connectivity index (χ1v) is 8.76. The molecule has 22 heavy (non-hydrogen) atoms. The van der Waals surface area contributed by atoms with Gasteiger partial charge in [0.1, 0.15) is 0 Å². The molecule has 0 radical (unpaired) electrons. The summed E-state index contributed by atoms with van der Waals surface area (Å²) in [5.41, 5.74) is 3.53. The highest BCUT2D eigenvalue weighted by Gasteiger charge is 2.36. The minimum atomic E-state index is -0.120. The molecule has 1 aliphatic rings. The third kappa shape index (κ3) is 3.33. The Labute approximate surface area is 135 Å². The average molecular weight is 314 g/mol. The van der Waals surface area contributed by atoms with Crippen molar-refractivity contribution in [3.8, 4) is 0 Å². The Morgan fingerprint density at radius 3 is 2.55 bits per heavy atom. The van der Waals surface area contributed by atoms with E-state index in [1.54, 1.807) is 11.3 Å². The number of thiophene rings is 1. The monoisotopic (exact) mass is 314 g/mol. The van der Waals surface area contributed by atoms with Crippen molar-refractivity contribution >= 4 is 23.1 Å². The first-order chi connectivity index (χ1) is 10.7. The summed E-state index contributed by atoms with van der Waals surface area (Å²) < 4.78 is 0. The van der Waals surface area contributed by atoms with Gasteiger partial charge >= 0.3 is 6.03 Å². The van der Waals surface area contributed by atoms with Gasteiger partial charge in [-0.3, -0.25) is 0 Å². The van der Waals surface area contributed by atoms with Gasteiger partial charge in [0.05, 0.1) is 0 Å². The SMILES string of the molecule is Cc1ccc(NC(=O)NCC2(c3ccsc3)CCCC2)cc1. The lowest BCUT2D eigenvalue weighted by Gasteiger charge is -2.28. The maximum Gasteiger partial charge on any atom is 0.319 e. The molecular formula is C18H22N2OS. The number of anilines is 1. The molecule has 4 heteroatoms. The van der Waals surface area contributed by atoms with Crippen molar-refractivity contribution in [2.75, 3.05) is 11.9 Å². The van der Waals surface area contributed by atoms with Crippen LogP contribution in [0.25, 0.3) is 0 Å². The highest BCUT2D eigenvalue weighted by Crippen LogP contribution is 2.41. The summed E-state index contributed by atoms with van der Waals surface area (Å²) in [6.07, 6.45) is 4.82. The lowest BCUT2D eigenvalue weighted by Crippen LogP contribution is -2.40. The van der Waals surface area contributed by atoms with Crippen molar-refractivity contribution in [2.24, 2.45) is 0 Å². The van der Waals surface area contributed by atoms with E-state index in [2.05, 4.69) is 27.5 Å². The van der Waals surface area contributed by atoms with E-state index >= 15 is 0 Å². The van der Waals surface area contributed by atoms with Gasteiger partial charge < -0.3 is 10.6 Å². The molecule has 0 aliphatic heterocycles. The van der Waals surface area contributed by atoms with E-state index in [-0.39, 0.29) is 11.4 Å². The van der Waals surface area contributed by atoms with Crippen LogP contribution in [0.3, 0.4) is 0 Å². The Kier molecular flexibility index (Phi) is 4.48. The van der Waals surface area contributed by atoms with E-state index in [0.29, 0.717) is 6.54 Å². The molecule has 2 N–H and O–H groups in total. The zero-order valence-electron chi connectivity index (χ0n) is 12.9. The fourth-order valence-corrected chi connectivity index (χ4v) is 4.03. The molecule has 0 saturated heterocycles. The molecule has 0 unspecified atom stereocenters. The van der Waals surface area contributed by atoms with Crippen molar-refractivity contribution in [1.82, 2.24) is 5.32 Å². The van der Waals surface area contributed by atoms with Crippen LogP contribution >= 0.6 is 11.3 Å². The summed E-state index contributed by atoms with van der Waals surface area (Å²) >= 11 is 1.73. The topological polar surface area (TPSA) is 41.1 Å². The van der Waals surface area contributed by atoms with Crippen LogP contribution in [-0.2, 0) is 5.41 Å². The fraction of sp³-hybridized carbons (Fsp3) is 0.389. The van der Waals surface area contributed by atoms with Crippen LogP contribution in [0.1, 0.15) is 36.8 Å². The highest BCUT2D eigenvalue weighted by atomic mass is 32.1. The number of nitrogens with one attached hydrogen (secondary N) is 2. The third-order valence-corrected chi connectivity index (χ3v) is 5.27. The number of aryl methyl sites for hydroxylation is 1. The molecule has 1 aromatic carbocycles. The van der Waals surface area contributed by atoms with Gasteiger partial charge in [0.15, 0.2) is 0 Å². The Morgan fingerprint density at radius 2 is 1.91 bits per heavy atom. The van der Waals surface area contributed by atoms with E-state index in [0.717, 1.165) is 18.5 Å². The first kappa shape index (κ1) is 15.1. The molecule has 1 heterocycles. The van der Waals surface area contributed by atoms with Crippen molar-refractivity contribution < 1.29 is 4.79 Å². The number of hydrogen-bond donors (Lipinski definition) is 2. The second-order valence-electron chi connectivity index (χ2n) is 6.17. The maximum atomic E-state index is 12.1. The molecule has 0 bridgehead atoms. The largest absolute Gasteiger partial charge is 0.337 e. The van der Waals surface area contributed by atoms with Crippen LogP contribution < -0.4 is 10.6 Å². The van der Waals surface area contributed by atoms with E-state index in [9.17, 15) is 4.79 Å². The molecule has 1 fully saturated rings. The van der Waals surface area contributed by atoms with Gasteiger partial charge in [0.2, 0.25) is 0 Å². The highest BCUT2D eigenvalue weighted by molar-refractivity contribution is 7.08. The third-order valence-electron chi connectivity index (χ3n) is 4.59. The average Bonchev–Trinajstić information content (AvgIpc) is 3.19. The zero-order chi connectivity index (χ0) is 15.4. The van der Waals surface area contributed by atoms with E-state index in [1.165, 1.54) is 24.0 Å². The number of carbonyl (C=O) groups is 1.